The van der Waals surface area contributed by atoms with E-state index in [2.05, 4.69) is 17.9 Å². The zero-order chi connectivity index (χ0) is 10.1. The van der Waals surface area contributed by atoms with Crippen molar-refractivity contribution in [3.8, 4) is 0 Å². The Kier molecular flexibility index (Phi) is 8.18. The van der Waals surface area contributed by atoms with E-state index in [9.17, 15) is 4.79 Å². The Morgan fingerprint density at radius 1 is 1.42 bits per heavy atom. The number of carboxylic acid groups (broad SMARTS) is 1. The van der Waals surface area contributed by atoms with Gasteiger partial charge in [0.25, 0.3) is 5.97 Å². The van der Waals surface area contributed by atoms with Gasteiger partial charge in [-0.25, -0.2) is 0 Å². The van der Waals surface area contributed by atoms with Crippen LogP contribution in [0.25, 0.3) is 0 Å². The fourth-order valence-corrected chi connectivity index (χ4v) is 0.226. The maximum absolute atomic E-state index is 10.1. The van der Waals surface area contributed by atoms with Crippen molar-refractivity contribution in [3.05, 3.63) is 25.0 Å². The van der Waals surface area contributed by atoms with Crippen LogP contribution in [-0.4, -0.2) is 17.0 Å². The van der Waals surface area contributed by atoms with Gasteiger partial charge in [-0.05, 0) is 6.08 Å². The van der Waals surface area contributed by atoms with Gasteiger partial charge in [0.1, 0.15) is 5.76 Å². The smallest absolute Gasteiger partial charge is 0.308 e. The Morgan fingerprint density at radius 2 is 1.75 bits per heavy atom. The molecule has 0 aliphatic heterocycles. The highest BCUT2D eigenvalue weighted by atomic mass is 16.5. The largest absolute Gasteiger partial charge is 0.481 e. The minimum absolute atomic E-state index is 0.289. The number of hydrogen-bond donors (Lipinski definition) is 1. The summed E-state index contributed by atoms with van der Waals surface area (Å²) in [5.41, 5.74) is 0. The molecule has 0 aliphatic carbocycles. The minimum Gasteiger partial charge on any atom is -0.481 e. The zero-order valence-corrected chi connectivity index (χ0v) is 7.16. The molecule has 0 saturated heterocycles. The molecule has 0 fully saturated rings. The third-order valence-electron chi connectivity index (χ3n) is 0.502. The number of esters is 1. The number of hydrogen-bond acceptors (Lipinski definition) is 3. The summed E-state index contributed by atoms with van der Waals surface area (Å²) in [4.78, 5) is 19.1. The van der Waals surface area contributed by atoms with E-state index in [1.54, 1.807) is 0 Å². The first-order chi connectivity index (χ1) is 5.40. The molecule has 1 N–H and O–H groups in total. The molecule has 12 heavy (non-hydrogen) atoms. The lowest BCUT2D eigenvalue weighted by Crippen LogP contribution is -1.94. The quantitative estimate of drug-likeness (QED) is 0.388. The molecule has 0 radical (unpaired) electrons. The summed E-state index contributed by atoms with van der Waals surface area (Å²) in [7, 11) is 0. The molecule has 0 heterocycles. The van der Waals surface area contributed by atoms with Crippen LogP contribution in [0.3, 0.4) is 0 Å². The van der Waals surface area contributed by atoms with Crippen molar-refractivity contribution in [2.75, 3.05) is 0 Å². The highest BCUT2D eigenvalue weighted by Gasteiger charge is 1.90. The van der Waals surface area contributed by atoms with Gasteiger partial charge in [0, 0.05) is 13.8 Å². The van der Waals surface area contributed by atoms with Crippen molar-refractivity contribution >= 4 is 11.9 Å². The molecule has 0 saturated carbocycles. The van der Waals surface area contributed by atoms with Crippen molar-refractivity contribution in [3.63, 3.8) is 0 Å². The lowest BCUT2D eigenvalue weighted by atomic mass is 10.5. The average Bonchev–Trinajstić information content (AvgIpc) is 1.84. The van der Waals surface area contributed by atoms with Crippen LogP contribution in [0.15, 0.2) is 25.0 Å². The van der Waals surface area contributed by atoms with Crippen LogP contribution in [0.4, 0.5) is 0 Å². The van der Waals surface area contributed by atoms with Crippen LogP contribution in [0.2, 0.25) is 0 Å². The van der Waals surface area contributed by atoms with E-state index < -0.39 is 5.97 Å². The molecule has 0 spiro atoms. The molecule has 0 bridgehead atoms. The third-order valence-corrected chi connectivity index (χ3v) is 0.502. The fourth-order valence-electron chi connectivity index (χ4n) is 0.226. The summed E-state index contributed by atoms with van der Waals surface area (Å²) in [5, 5.41) is 7.42. The molecule has 0 aromatic rings. The summed E-state index contributed by atoms with van der Waals surface area (Å²) in [6, 6.07) is 0. The number of allylic oxidation sites excluding steroid dienone is 1. The second-order valence-electron chi connectivity index (χ2n) is 1.78. The van der Waals surface area contributed by atoms with E-state index >= 15 is 0 Å². The van der Waals surface area contributed by atoms with Gasteiger partial charge in [0.15, 0.2) is 0 Å². The van der Waals surface area contributed by atoms with Gasteiger partial charge in [-0.15, -0.1) is 0 Å². The Labute approximate surface area is 71.2 Å². The number of aliphatic carboxylic acids is 1. The van der Waals surface area contributed by atoms with E-state index in [1.165, 1.54) is 13.0 Å². The van der Waals surface area contributed by atoms with E-state index in [4.69, 9.17) is 9.90 Å². The predicted molar refractivity (Wildman–Crippen MR) is 44.4 cm³/mol. The molecular weight excluding hydrogens is 160 g/mol. The molecule has 0 atom stereocenters. The molecule has 0 aliphatic rings. The van der Waals surface area contributed by atoms with Gasteiger partial charge in [-0.1, -0.05) is 13.2 Å². The summed E-state index contributed by atoms with van der Waals surface area (Å²) in [6.07, 6.45) is 1.38. The monoisotopic (exact) mass is 172 g/mol. The lowest BCUT2D eigenvalue weighted by molar-refractivity contribution is -0.136. The molecule has 0 rings (SSSR count). The molecule has 4 heteroatoms. The number of carbonyl (C=O) groups is 2. The van der Waals surface area contributed by atoms with Gasteiger partial charge in [-0.2, -0.15) is 0 Å². The minimum atomic E-state index is -0.833. The zero-order valence-electron chi connectivity index (χ0n) is 7.16. The summed E-state index contributed by atoms with van der Waals surface area (Å²) < 4.78 is 4.45. The van der Waals surface area contributed by atoms with Gasteiger partial charge < -0.3 is 9.84 Å². The van der Waals surface area contributed by atoms with Gasteiger partial charge in [-0.3, -0.25) is 9.59 Å². The van der Waals surface area contributed by atoms with Gasteiger partial charge in [0.05, 0.1) is 0 Å². The first-order valence-electron chi connectivity index (χ1n) is 3.09. The standard InChI is InChI=1S/C6H8O2.C2H4O2/c1-4-5(2)8-6(3)7;1-2(3)4/h4H,1-2H2,3H3;1H3,(H,3,4). The summed E-state index contributed by atoms with van der Waals surface area (Å²) in [6.45, 7) is 9.09. The maximum atomic E-state index is 10.1. The highest BCUT2D eigenvalue weighted by molar-refractivity contribution is 5.67. The molecule has 4 nitrogen and oxygen atoms in total. The normalized spacial score (nSPS) is 7.17. The highest BCUT2D eigenvalue weighted by Crippen LogP contribution is 1.92. The van der Waals surface area contributed by atoms with Crippen LogP contribution in [-0.2, 0) is 14.3 Å². The Balaban J connectivity index is 0. The molecule has 0 amide bonds. The van der Waals surface area contributed by atoms with E-state index in [-0.39, 0.29) is 11.7 Å². The molecule has 0 aromatic carbocycles. The summed E-state index contributed by atoms with van der Waals surface area (Å²) in [5.74, 6) is -0.910. The average molecular weight is 172 g/mol. The Hall–Kier alpha value is -1.58. The van der Waals surface area contributed by atoms with Crippen LogP contribution in [0.1, 0.15) is 13.8 Å². The van der Waals surface area contributed by atoms with Crippen molar-refractivity contribution in [2.45, 2.75) is 13.8 Å². The van der Waals surface area contributed by atoms with Crippen molar-refractivity contribution in [1.82, 2.24) is 0 Å². The van der Waals surface area contributed by atoms with Crippen molar-refractivity contribution < 1.29 is 19.4 Å². The number of ether oxygens (including phenoxy) is 1. The maximum Gasteiger partial charge on any atom is 0.308 e. The van der Waals surface area contributed by atoms with Crippen molar-refractivity contribution in [2.24, 2.45) is 0 Å². The Morgan fingerprint density at radius 3 is 1.83 bits per heavy atom. The van der Waals surface area contributed by atoms with Crippen LogP contribution in [0, 0.1) is 0 Å². The fraction of sp³-hybridized carbons (Fsp3) is 0.250. The molecular formula is C8H12O4. The van der Waals surface area contributed by atoms with Crippen LogP contribution < -0.4 is 0 Å². The lowest BCUT2D eigenvalue weighted by Gasteiger charge is -1.95. The first kappa shape index (κ1) is 13.0. The van der Waals surface area contributed by atoms with Crippen LogP contribution in [0.5, 0.6) is 0 Å². The predicted octanol–water partition coefficient (Wildman–Crippen LogP) is 1.34. The van der Waals surface area contributed by atoms with Crippen LogP contribution >= 0.6 is 0 Å². The van der Waals surface area contributed by atoms with E-state index in [0.717, 1.165) is 6.92 Å². The number of carboxylic acids is 1. The SMILES string of the molecule is C=CC(=C)OC(C)=O.CC(=O)O. The molecule has 0 aromatic heterocycles. The second-order valence-corrected chi connectivity index (χ2v) is 1.78. The Bertz CT molecular complexity index is 189. The number of rotatable bonds is 2. The first-order valence-corrected chi connectivity index (χ1v) is 3.09. The van der Waals surface area contributed by atoms with Gasteiger partial charge in [0.2, 0.25) is 0 Å². The topological polar surface area (TPSA) is 63.6 Å². The molecule has 68 valence electrons. The third kappa shape index (κ3) is 23.7. The number of carbonyl (C=O) groups excluding carboxylic acids is 1. The van der Waals surface area contributed by atoms with Gasteiger partial charge >= 0.3 is 5.97 Å². The van der Waals surface area contributed by atoms with Crippen molar-refractivity contribution in [1.29, 1.82) is 0 Å². The summed E-state index contributed by atoms with van der Waals surface area (Å²) >= 11 is 0. The molecule has 0 unspecified atom stereocenters. The van der Waals surface area contributed by atoms with E-state index in [1.807, 2.05) is 0 Å². The second kappa shape index (κ2) is 7.53. The van der Waals surface area contributed by atoms with E-state index in [0.29, 0.717) is 0 Å².